The molecule has 0 atom stereocenters. The fraction of sp³-hybridized carbons (Fsp3) is 0.286. The van der Waals surface area contributed by atoms with Crippen LogP contribution < -0.4 is 11.1 Å². The first kappa shape index (κ1) is 14.5. The summed E-state index contributed by atoms with van der Waals surface area (Å²) in [6.07, 6.45) is 0.760. The van der Waals surface area contributed by atoms with Gasteiger partial charge in [-0.2, -0.15) is 0 Å². The fourth-order valence-electron chi connectivity index (χ4n) is 1.95. The summed E-state index contributed by atoms with van der Waals surface area (Å²) >= 11 is 1.33. The molecule has 4 nitrogen and oxygen atoms in total. The van der Waals surface area contributed by atoms with Crippen LogP contribution in [0.2, 0.25) is 0 Å². The number of fused-ring (bicyclic) bond motifs is 1. The highest BCUT2D eigenvalue weighted by Gasteiger charge is 2.15. The van der Waals surface area contributed by atoms with Gasteiger partial charge in [-0.15, -0.1) is 11.3 Å². The number of hydrogen-bond donors (Lipinski definition) is 2. The van der Waals surface area contributed by atoms with E-state index in [1.54, 1.807) is 13.0 Å². The zero-order valence-electron chi connectivity index (χ0n) is 11.0. The Morgan fingerprint density at radius 1 is 1.40 bits per heavy atom. The van der Waals surface area contributed by atoms with Gasteiger partial charge in [-0.1, -0.05) is 0 Å². The van der Waals surface area contributed by atoms with Crippen molar-refractivity contribution in [3.05, 3.63) is 34.5 Å². The number of halogens is 1. The molecule has 0 saturated carbocycles. The van der Waals surface area contributed by atoms with E-state index in [1.165, 1.54) is 23.5 Å². The van der Waals surface area contributed by atoms with Gasteiger partial charge in [0.05, 0.1) is 4.88 Å². The Hall–Kier alpha value is -1.95. The van der Waals surface area contributed by atoms with Gasteiger partial charge in [-0.05, 0) is 42.5 Å². The van der Waals surface area contributed by atoms with Crippen LogP contribution in [0.5, 0.6) is 0 Å². The second-order valence-electron chi connectivity index (χ2n) is 4.52. The highest BCUT2D eigenvalue weighted by molar-refractivity contribution is 7.21. The molecule has 0 spiro atoms. The number of carbonyl (C=O) groups excluding carboxylic acids is 2. The van der Waals surface area contributed by atoms with Crippen LogP contribution in [0.15, 0.2) is 18.2 Å². The molecule has 1 aromatic heterocycles. The Balaban J connectivity index is 2.10. The van der Waals surface area contributed by atoms with Gasteiger partial charge in [0.1, 0.15) is 5.82 Å². The fourth-order valence-corrected chi connectivity index (χ4v) is 3.06. The van der Waals surface area contributed by atoms with Crippen molar-refractivity contribution in [2.75, 3.05) is 6.54 Å². The maximum atomic E-state index is 13.2. The minimum absolute atomic E-state index is 0.200. The zero-order chi connectivity index (χ0) is 14.7. The number of benzene rings is 1. The normalized spacial score (nSPS) is 10.7. The topological polar surface area (TPSA) is 72.2 Å². The monoisotopic (exact) mass is 294 g/mol. The molecule has 106 valence electrons. The average Bonchev–Trinajstić information content (AvgIpc) is 2.72. The molecular weight excluding hydrogens is 279 g/mol. The Kier molecular flexibility index (Phi) is 4.34. The Labute approximate surface area is 119 Å². The van der Waals surface area contributed by atoms with Crippen LogP contribution in [-0.4, -0.2) is 18.4 Å². The van der Waals surface area contributed by atoms with Gasteiger partial charge in [0.2, 0.25) is 5.91 Å². The van der Waals surface area contributed by atoms with E-state index < -0.39 is 0 Å². The maximum absolute atomic E-state index is 13.2. The minimum Gasteiger partial charge on any atom is -0.370 e. The third-order valence-corrected chi connectivity index (χ3v) is 4.26. The summed E-state index contributed by atoms with van der Waals surface area (Å²) in [5, 5.41) is 3.50. The lowest BCUT2D eigenvalue weighted by Gasteiger charge is -2.03. The highest BCUT2D eigenvalue weighted by Crippen LogP contribution is 2.31. The Bertz CT molecular complexity index is 666. The van der Waals surface area contributed by atoms with Gasteiger partial charge in [0.25, 0.3) is 5.91 Å². The van der Waals surface area contributed by atoms with Crippen molar-refractivity contribution in [2.45, 2.75) is 19.8 Å². The number of primary amides is 1. The summed E-state index contributed by atoms with van der Waals surface area (Å²) in [5.74, 6) is -0.895. The van der Waals surface area contributed by atoms with Crippen LogP contribution in [0, 0.1) is 12.7 Å². The Morgan fingerprint density at radius 3 is 2.85 bits per heavy atom. The smallest absolute Gasteiger partial charge is 0.261 e. The molecule has 3 N–H and O–H groups in total. The van der Waals surface area contributed by atoms with Gasteiger partial charge < -0.3 is 11.1 Å². The van der Waals surface area contributed by atoms with Crippen molar-refractivity contribution < 1.29 is 14.0 Å². The van der Waals surface area contributed by atoms with E-state index in [2.05, 4.69) is 5.32 Å². The van der Waals surface area contributed by atoms with Crippen LogP contribution >= 0.6 is 11.3 Å². The van der Waals surface area contributed by atoms with Crippen molar-refractivity contribution in [3.8, 4) is 0 Å². The third kappa shape index (κ3) is 3.14. The minimum atomic E-state index is -0.382. The molecule has 0 fully saturated rings. The van der Waals surface area contributed by atoms with Crippen molar-refractivity contribution >= 4 is 33.2 Å². The predicted octanol–water partition coefficient (Wildman–Crippen LogP) is 2.34. The maximum Gasteiger partial charge on any atom is 0.261 e. The van der Waals surface area contributed by atoms with Crippen LogP contribution in [-0.2, 0) is 4.79 Å². The molecule has 20 heavy (non-hydrogen) atoms. The summed E-state index contributed by atoms with van der Waals surface area (Å²) in [6.45, 7) is 2.19. The molecule has 2 aromatic rings. The number of nitrogens with one attached hydrogen (secondary N) is 1. The van der Waals surface area contributed by atoms with Gasteiger partial charge in [-0.3, -0.25) is 9.59 Å². The standard InChI is InChI=1S/C14H15FN2O2S/c1-8-10-7-9(15)4-5-11(10)20-13(8)14(19)17-6-2-3-12(16)18/h4-5,7H,2-3,6H2,1H3,(H2,16,18)(H,17,19). The molecule has 0 aliphatic carbocycles. The van der Waals surface area contributed by atoms with Crippen LogP contribution in [0.3, 0.4) is 0 Å². The molecule has 0 bridgehead atoms. The molecule has 0 unspecified atom stereocenters. The molecule has 1 aromatic carbocycles. The number of hydrogen-bond acceptors (Lipinski definition) is 3. The van der Waals surface area contributed by atoms with E-state index in [4.69, 9.17) is 5.73 Å². The summed E-state index contributed by atoms with van der Waals surface area (Å²) < 4.78 is 14.1. The summed E-state index contributed by atoms with van der Waals surface area (Å²) in [7, 11) is 0. The molecule has 6 heteroatoms. The number of amides is 2. The number of nitrogens with two attached hydrogens (primary N) is 1. The summed E-state index contributed by atoms with van der Waals surface area (Å²) in [6, 6.07) is 4.49. The SMILES string of the molecule is Cc1c(C(=O)NCCCC(N)=O)sc2ccc(F)cc12. The lowest BCUT2D eigenvalue weighted by molar-refractivity contribution is -0.118. The second kappa shape index (κ2) is 6.00. The molecule has 0 aliphatic rings. The number of carbonyl (C=O) groups is 2. The molecule has 2 rings (SSSR count). The first-order chi connectivity index (χ1) is 9.49. The first-order valence-corrected chi connectivity index (χ1v) is 7.06. The van der Waals surface area contributed by atoms with Gasteiger partial charge >= 0.3 is 0 Å². The average molecular weight is 294 g/mol. The van der Waals surface area contributed by atoms with Crippen molar-refractivity contribution in [1.82, 2.24) is 5.32 Å². The molecule has 0 aliphatic heterocycles. The van der Waals surface area contributed by atoms with Gasteiger partial charge in [-0.25, -0.2) is 4.39 Å². The second-order valence-corrected chi connectivity index (χ2v) is 5.57. The lowest BCUT2D eigenvalue weighted by Crippen LogP contribution is -2.25. The lowest BCUT2D eigenvalue weighted by atomic mass is 10.1. The van der Waals surface area contributed by atoms with Crippen molar-refractivity contribution in [2.24, 2.45) is 5.73 Å². The van der Waals surface area contributed by atoms with Crippen molar-refractivity contribution in [3.63, 3.8) is 0 Å². The molecule has 1 heterocycles. The first-order valence-electron chi connectivity index (χ1n) is 6.24. The van der Waals surface area contributed by atoms with E-state index in [0.717, 1.165) is 15.6 Å². The third-order valence-electron chi connectivity index (χ3n) is 2.99. The van der Waals surface area contributed by atoms with Gasteiger partial charge in [0, 0.05) is 17.7 Å². The number of thiophene rings is 1. The summed E-state index contributed by atoms with van der Waals surface area (Å²) in [5.41, 5.74) is 5.80. The van der Waals surface area contributed by atoms with Crippen LogP contribution in [0.1, 0.15) is 28.1 Å². The summed E-state index contributed by atoms with van der Waals surface area (Å²) in [4.78, 5) is 23.2. The number of aryl methyl sites for hydroxylation is 1. The van der Waals surface area contributed by atoms with Crippen LogP contribution in [0.25, 0.3) is 10.1 Å². The highest BCUT2D eigenvalue weighted by atomic mass is 32.1. The van der Waals surface area contributed by atoms with Gasteiger partial charge in [0.15, 0.2) is 0 Å². The van der Waals surface area contributed by atoms with E-state index in [1.807, 2.05) is 0 Å². The van der Waals surface area contributed by atoms with E-state index in [-0.39, 0.29) is 24.1 Å². The molecular formula is C14H15FN2O2S. The quantitative estimate of drug-likeness (QED) is 0.831. The van der Waals surface area contributed by atoms with Crippen molar-refractivity contribution in [1.29, 1.82) is 0 Å². The Morgan fingerprint density at radius 2 is 2.15 bits per heavy atom. The van der Waals surface area contributed by atoms with E-state index >= 15 is 0 Å². The molecule has 2 amide bonds. The predicted molar refractivity (Wildman–Crippen MR) is 77.3 cm³/mol. The number of rotatable bonds is 5. The largest absolute Gasteiger partial charge is 0.370 e. The zero-order valence-corrected chi connectivity index (χ0v) is 11.8. The van der Waals surface area contributed by atoms with Crippen LogP contribution in [0.4, 0.5) is 4.39 Å². The van der Waals surface area contributed by atoms with E-state index in [9.17, 15) is 14.0 Å². The van der Waals surface area contributed by atoms with E-state index in [0.29, 0.717) is 17.8 Å². The molecule has 0 radical (unpaired) electrons. The molecule has 0 saturated heterocycles.